The number of rotatable bonds is 3. The SMILES string of the molecule is C#CCN(C)S(=O)(=O)[C@H](C)C(F)(F)F. The molecule has 0 fully saturated rings. The molecule has 1 atom stereocenters. The van der Waals surface area contributed by atoms with E-state index in [-0.39, 0.29) is 6.54 Å². The summed E-state index contributed by atoms with van der Waals surface area (Å²) in [5.74, 6) is 1.96. The monoisotopic (exact) mass is 229 g/mol. The van der Waals surface area contributed by atoms with Crippen molar-refractivity contribution in [3.8, 4) is 12.3 Å². The summed E-state index contributed by atoms with van der Waals surface area (Å²) in [5.41, 5.74) is 0. The van der Waals surface area contributed by atoms with Crippen LogP contribution in [-0.2, 0) is 10.0 Å². The number of terminal acetylenes is 1. The van der Waals surface area contributed by atoms with Crippen molar-refractivity contribution in [2.45, 2.75) is 18.3 Å². The summed E-state index contributed by atoms with van der Waals surface area (Å²) in [6, 6.07) is 0. The van der Waals surface area contributed by atoms with Gasteiger partial charge in [0.25, 0.3) is 0 Å². The van der Waals surface area contributed by atoms with Crippen LogP contribution in [0.5, 0.6) is 0 Å². The minimum atomic E-state index is -4.78. The summed E-state index contributed by atoms with van der Waals surface area (Å²) in [6.45, 7) is 0.213. The highest BCUT2D eigenvalue weighted by Gasteiger charge is 2.46. The Hall–Kier alpha value is -0.740. The Morgan fingerprint density at radius 3 is 2.21 bits per heavy atom. The molecule has 0 aliphatic carbocycles. The molecule has 0 aromatic heterocycles. The van der Waals surface area contributed by atoms with E-state index in [1.807, 2.05) is 5.92 Å². The molecule has 0 spiro atoms. The van der Waals surface area contributed by atoms with Gasteiger partial charge >= 0.3 is 6.18 Å². The molecule has 0 bridgehead atoms. The van der Waals surface area contributed by atoms with Gasteiger partial charge in [0.15, 0.2) is 5.25 Å². The maximum atomic E-state index is 12.1. The lowest BCUT2D eigenvalue weighted by atomic mass is 10.5. The number of nitrogens with zero attached hydrogens (tertiary/aromatic N) is 1. The minimum absolute atomic E-state index is 0.372. The molecule has 0 rings (SSSR count). The average molecular weight is 229 g/mol. The molecule has 7 heteroatoms. The van der Waals surface area contributed by atoms with Crippen LogP contribution in [0.4, 0.5) is 13.2 Å². The van der Waals surface area contributed by atoms with E-state index in [1.165, 1.54) is 0 Å². The molecule has 0 heterocycles. The third-order valence-electron chi connectivity index (χ3n) is 1.66. The first-order chi connectivity index (χ1) is 6.14. The zero-order chi connectivity index (χ0) is 11.6. The van der Waals surface area contributed by atoms with E-state index in [2.05, 4.69) is 0 Å². The van der Waals surface area contributed by atoms with Crippen molar-refractivity contribution in [1.82, 2.24) is 4.31 Å². The van der Waals surface area contributed by atoms with Gasteiger partial charge in [-0.2, -0.15) is 17.5 Å². The number of hydrogen-bond donors (Lipinski definition) is 0. The highest BCUT2D eigenvalue weighted by Crippen LogP contribution is 2.26. The lowest BCUT2D eigenvalue weighted by Gasteiger charge is -2.21. The van der Waals surface area contributed by atoms with Crippen molar-refractivity contribution in [3.63, 3.8) is 0 Å². The molecule has 0 unspecified atom stereocenters. The Morgan fingerprint density at radius 2 is 1.93 bits per heavy atom. The molecule has 0 aromatic rings. The molecule has 0 saturated carbocycles. The van der Waals surface area contributed by atoms with Crippen LogP contribution in [-0.4, -0.2) is 37.7 Å². The van der Waals surface area contributed by atoms with Gasteiger partial charge in [-0.25, -0.2) is 8.42 Å². The Labute approximate surface area is 80.9 Å². The van der Waals surface area contributed by atoms with Crippen LogP contribution in [0.1, 0.15) is 6.92 Å². The zero-order valence-corrected chi connectivity index (χ0v) is 8.48. The number of alkyl halides is 3. The van der Waals surface area contributed by atoms with Gasteiger partial charge in [0, 0.05) is 7.05 Å². The predicted octanol–water partition coefficient (Wildman–Crippen LogP) is 0.832. The quantitative estimate of drug-likeness (QED) is 0.672. The van der Waals surface area contributed by atoms with Gasteiger partial charge in [-0.05, 0) is 6.92 Å². The Kier molecular flexibility index (Phi) is 3.97. The van der Waals surface area contributed by atoms with Crippen molar-refractivity contribution in [3.05, 3.63) is 0 Å². The zero-order valence-electron chi connectivity index (χ0n) is 7.67. The normalized spacial score (nSPS) is 15.2. The fourth-order valence-electron chi connectivity index (χ4n) is 0.657. The second-order valence-corrected chi connectivity index (χ2v) is 5.05. The third kappa shape index (κ3) is 2.89. The molecule has 0 aliphatic rings. The molecule has 0 saturated heterocycles. The van der Waals surface area contributed by atoms with Gasteiger partial charge in [0.2, 0.25) is 10.0 Å². The highest BCUT2D eigenvalue weighted by atomic mass is 32.2. The fourth-order valence-corrected chi connectivity index (χ4v) is 1.79. The molecule has 0 N–H and O–H groups in total. The Morgan fingerprint density at radius 1 is 1.50 bits per heavy atom. The molecular weight excluding hydrogens is 219 g/mol. The standard InChI is InChI=1S/C7H10F3NO2S/c1-4-5-11(3)14(12,13)6(2)7(8,9)10/h1,6H,5H2,2-3H3/t6-/m1/s1. The molecule has 0 aromatic carbocycles. The van der Waals surface area contributed by atoms with Gasteiger partial charge in [-0.1, -0.05) is 5.92 Å². The van der Waals surface area contributed by atoms with Crippen molar-refractivity contribution in [1.29, 1.82) is 0 Å². The van der Waals surface area contributed by atoms with E-state index in [0.29, 0.717) is 11.2 Å². The van der Waals surface area contributed by atoms with Crippen LogP contribution < -0.4 is 0 Å². The van der Waals surface area contributed by atoms with Gasteiger partial charge in [0.05, 0.1) is 6.54 Å². The average Bonchev–Trinajstić information content (AvgIpc) is 2.01. The topological polar surface area (TPSA) is 37.4 Å². The van der Waals surface area contributed by atoms with E-state index in [4.69, 9.17) is 6.42 Å². The number of sulfonamides is 1. The first-order valence-electron chi connectivity index (χ1n) is 3.59. The smallest absolute Gasteiger partial charge is 0.212 e. The lowest BCUT2D eigenvalue weighted by Crippen LogP contribution is -2.42. The highest BCUT2D eigenvalue weighted by molar-refractivity contribution is 7.89. The summed E-state index contributed by atoms with van der Waals surface area (Å²) in [4.78, 5) is 0. The molecule has 3 nitrogen and oxygen atoms in total. The van der Waals surface area contributed by atoms with Crippen LogP contribution in [0.25, 0.3) is 0 Å². The Balaban J connectivity index is 4.91. The number of hydrogen-bond acceptors (Lipinski definition) is 2. The Bertz CT molecular complexity index is 328. The van der Waals surface area contributed by atoms with Crippen LogP contribution in [0.15, 0.2) is 0 Å². The second-order valence-electron chi connectivity index (χ2n) is 2.69. The molecule has 0 radical (unpaired) electrons. The van der Waals surface area contributed by atoms with E-state index < -0.39 is 21.4 Å². The van der Waals surface area contributed by atoms with Crippen molar-refractivity contribution < 1.29 is 21.6 Å². The van der Waals surface area contributed by atoms with Gasteiger partial charge in [0.1, 0.15) is 0 Å². The van der Waals surface area contributed by atoms with E-state index >= 15 is 0 Å². The van der Waals surface area contributed by atoms with Crippen LogP contribution in [0, 0.1) is 12.3 Å². The van der Waals surface area contributed by atoms with E-state index in [1.54, 1.807) is 0 Å². The third-order valence-corrected chi connectivity index (χ3v) is 3.81. The summed E-state index contributed by atoms with van der Waals surface area (Å²) >= 11 is 0. The van der Waals surface area contributed by atoms with Crippen LogP contribution >= 0.6 is 0 Å². The van der Waals surface area contributed by atoms with Crippen molar-refractivity contribution >= 4 is 10.0 Å². The molecule has 82 valence electrons. The summed E-state index contributed by atoms with van der Waals surface area (Å²) in [5, 5.41) is -2.44. The van der Waals surface area contributed by atoms with Gasteiger partial charge in [-0.3, -0.25) is 0 Å². The molecule has 14 heavy (non-hydrogen) atoms. The maximum absolute atomic E-state index is 12.1. The fraction of sp³-hybridized carbons (Fsp3) is 0.714. The number of halogens is 3. The maximum Gasteiger partial charge on any atom is 0.406 e. The van der Waals surface area contributed by atoms with Gasteiger partial charge in [-0.15, -0.1) is 6.42 Å². The van der Waals surface area contributed by atoms with Gasteiger partial charge < -0.3 is 0 Å². The van der Waals surface area contributed by atoms with E-state index in [0.717, 1.165) is 7.05 Å². The van der Waals surface area contributed by atoms with Crippen molar-refractivity contribution in [2.24, 2.45) is 0 Å². The summed E-state index contributed by atoms with van der Waals surface area (Å²) < 4.78 is 59.1. The molecular formula is C7H10F3NO2S. The minimum Gasteiger partial charge on any atom is -0.212 e. The lowest BCUT2D eigenvalue weighted by molar-refractivity contribution is -0.127. The van der Waals surface area contributed by atoms with E-state index in [9.17, 15) is 21.6 Å². The predicted molar refractivity (Wildman–Crippen MR) is 45.9 cm³/mol. The molecule has 0 aliphatic heterocycles. The van der Waals surface area contributed by atoms with Crippen LogP contribution in [0.2, 0.25) is 0 Å². The van der Waals surface area contributed by atoms with Crippen molar-refractivity contribution in [2.75, 3.05) is 13.6 Å². The second kappa shape index (κ2) is 4.19. The van der Waals surface area contributed by atoms with Crippen LogP contribution in [0.3, 0.4) is 0 Å². The first kappa shape index (κ1) is 13.3. The summed E-state index contributed by atoms with van der Waals surface area (Å²) in [7, 11) is -3.38. The first-order valence-corrected chi connectivity index (χ1v) is 5.09. The molecule has 0 amide bonds. The summed E-state index contributed by atoms with van der Waals surface area (Å²) in [6.07, 6.45) is 0.0219. The largest absolute Gasteiger partial charge is 0.406 e.